The Hall–Kier alpha value is -2.70. The first-order valence-electron chi connectivity index (χ1n) is 10.5. The van der Waals surface area contributed by atoms with Crippen LogP contribution in [0.25, 0.3) is 22.7 Å². The number of hydrogen-bond acceptors (Lipinski definition) is 4. The Morgan fingerprint density at radius 3 is 2.93 bits per heavy atom. The summed E-state index contributed by atoms with van der Waals surface area (Å²) >= 11 is 0. The third kappa shape index (κ3) is 3.03. The topological polar surface area (TPSA) is 90.6 Å². The molecule has 0 unspecified atom stereocenters. The molecule has 1 fully saturated rings. The quantitative estimate of drug-likeness (QED) is 0.681. The second kappa shape index (κ2) is 6.40. The van der Waals surface area contributed by atoms with Crippen LogP contribution in [0.1, 0.15) is 63.6 Å². The largest absolute Gasteiger partial charge is 0.335 e. The number of carbonyl (C=O) groups excluding carboxylic acids is 1. The number of hydrogen-bond donors (Lipinski definition) is 2. The number of pyridine rings is 1. The summed E-state index contributed by atoms with van der Waals surface area (Å²) in [7, 11) is 1.81. The van der Waals surface area contributed by atoms with Crippen molar-refractivity contribution >= 4 is 22.8 Å². The van der Waals surface area contributed by atoms with Gasteiger partial charge in [-0.15, -0.1) is 0 Å². The van der Waals surface area contributed by atoms with E-state index in [0.717, 1.165) is 35.6 Å². The van der Waals surface area contributed by atoms with Gasteiger partial charge in [0.05, 0.1) is 17.4 Å². The lowest BCUT2D eigenvalue weighted by molar-refractivity contribution is -0.118. The van der Waals surface area contributed by atoms with Gasteiger partial charge in [0.25, 0.3) is 0 Å². The van der Waals surface area contributed by atoms with Crippen LogP contribution >= 0.6 is 0 Å². The molecule has 6 rings (SSSR count). The van der Waals surface area contributed by atoms with E-state index in [-0.39, 0.29) is 5.91 Å². The molecule has 0 aromatic carbocycles. The molecule has 3 aromatic rings. The van der Waals surface area contributed by atoms with Crippen LogP contribution in [0.5, 0.6) is 0 Å². The monoisotopic (exact) mass is 392 g/mol. The van der Waals surface area contributed by atoms with Crippen LogP contribution in [0.15, 0.2) is 12.3 Å². The second-order valence-corrected chi connectivity index (χ2v) is 9.59. The van der Waals surface area contributed by atoms with E-state index in [1.165, 1.54) is 24.1 Å². The average Bonchev–Trinajstić information content (AvgIpc) is 3.27. The number of anilines is 1. The zero-order chi connectivity index (χ0) is 20.3. The van der Waals surface area contributed by atoms with E-state index < -0.39 is 0 Å². The molecule has 3 heterocycles. The molecule has 1 saturated carbocycles. The molecule has 1 amide bonds. The van der Waals surface area contributed by atoms with E-state index in [1.807, 2.05) is 6.07 Å². The van der Waals surface area contributed by atoms with Gasteiger partial charge < -0.3 is 9.88 Å². The van der Waals surface area contributed by atoms with Crippen molar-refractivity contribution in [2.45, 2.75) is 58.8 Å². The second-order valence-electron chi connectivity index (χ2n) is 9.59. The molecule has 29 heavy (non-hydrogen) atoms. The Morgan fingerprint density at radius 1 is 1.38 bits per heavy atom. The molecule has 0 radical (unpaired) electrons. The van der Waals surface area contributed by atoms with Crippen molar-refractivity contribution < 1.29 is 4.79 Å². The normalized spacial score (nSPS) is 22.6. The fraction of sp³-hybridized carbons (Fsp3) is 0.545. The van der Waals surface area contributed by atoms with Crippen molar-refractivity contribution in [3.8, 4) is 11.5 Å². The molecule has 7 heteroatoms. The molecule has 3 aliphatic rings. The smallest absolute Gasteiger partial charge is 0.226 e. The third-order valence-electron chi connectivity index (χ3n) is 6.62. The predicted molar refractivity (Wildman–Crippen MR) is 113 cm³/mol. The predicted octanol–water partition coefficient (Wildman–Crippen LogP) is 4.19. The van der Waals surface area contributed by atoms with Crippen LogP contribution in [0, 0.1) is 11.3 Å². The Balaban J connectivity index is 1.43. The number of nitrogens with one attached hydrogen (secondary N) is 2. The highest BCUT2D eigenvalue weighted by atomic mass is 16.2. The molecule has 0 saturated heterocycles. The van der Waals surface area contributed by atoms with Crippen molar-refractivity contribution in [3.63, 3.8) is 0 Å². The summed E-state index contributed by atoms with van der Waals surface area (Å²) in [4.78, 5) is 26.7. The van der Waals surface area contributed by atoms with Gasteiger partial charge in [0.2, 0.25) is 5.91 Å². The standard InChI is InChI=1S/C22H28N6O/c1-12(2)5-6-17(29)28(4)14-7-15-20(23-11-14)25-21(24-15)19-18-13-8-22(3,9-13)10-16(18)26-27-19/h7,11-13H,5-6,8-10H2,1-4H3,(H,26,27)(H,23,24,25). The lowest BCUT2D eigenvalue weighted by Gasteiger charge is -2.50. The number of amides is 1. The van der Waals surface area contributed by atoms with Gasteiger partial charge in [-0.05, 0) is 49.0 Å². The molecule has 3 aromatic heterocycles. The first-order chi connectivity index (χ1) is 13.8. The molecular weight excluding hydrogens is 364 g/mol. The summed E-state index contributed by atoms with van der Waals surface area (Å²) in [5.74, 6) is 1.95. The van der Waals surface area contributed by atoms with Crippen molar-refractivity contribution in [1.29, 1.82) is 0 Å². The van der Waals surface area contributed by atoms with Crippen LogP contribution in [-0.2, 0) is 11.2 Å². The number of carbonyl (C=O) groups is 1. The van der Waals surface area contributed by atoms with Gasteiger partial charge in [-0.3, -0.25) is 9.89 Å². The zero-order valence-electron chi connectivity index (χ0n) is 17.5. The Morgan fingerprint density at radius 2 is 2.17 bits per heavy atom. The van der Waals surface area contributed by atoms with Crippen molar-refractivity contribution in [2.24, 2.45) is 11.3 Å². The summed E-state index contributed by atoms with van der Waals surface area (Å²) < 4.78 is 0. The van der Waals surface area contributed by atoms with Crippen LogP contribution in [0.4, 0.5) is 5.69 Å². The van der Waals surface area contributed by atoms with E-state index in [2.05, 4.69) is 45.9 Å². The highest BCUT2D eigenvalue weighted by molar-refractivity contribution is 5.94. The first kappa shape index (κ1) is 18.3. The maximum atomic E-state index is 12.5. The number of rotatable bonds is 5. The molecule has 7 nitrogen and oxygen atoms in total. The Labute approximate surface area is 170 Å². The maximum Gasteiger partial charge on any atom is 0.226 e. The van der Waals surface area contributed by atoms with Gasteiger partial charge in [0, 0.05) is 24.7 Å². The highest BCUT2D eigenvalue weighted by Crippen LogP contribution is 2.59. The SMILES string of the molecule is CC(C)CCC(=O)N(C)c1cnc2nc(-c3n[nH]c4c3C3CC(C)(C4)C3)[nH]c2c1. The third-order valence-corrected chi connectivity index (χ3v) is 6.62. The van der Waals surface area contributed by atoms with Crippen LogP contribution in [-0.4, -0.2) is 38.1 Å². The first-order valence-corrected chi connectivity index (χ1v) is 10.5. The zero-order valence-corrected chi connectivity index (χ0v) is 17.5. The van der Waals surface area contributed by atoms with Crippen molar-refractivity contribution in [2.75, 3.05) is 11.9 Å². The molecule has 2 N–H and O–H groups in total. The van der Waals surface area contributed by atoms with Crippen LogP contribution in [0.3, 0.4) is 0 Å². The Bertz CT molecular complexity index is 1090. The molecule has 0 atom stereocenters. The lowest BCUT2D eigenvalue weighted by Crippen LogP contribution is -2.40. The van der Waals surface area contributed by atoms with Crippen molar-refractivity contribution in [3.05, 3.63) is 23.5 Å². The fourth-order valence-electron chi connectivity index (χ4n) is 4.96. The molecule has 0 spiro atoms. The van der Waals surface area contributed by atoms with Gasteiger partial charge in [-0.2, -0.15) is 5.10 Å². The molecule has 152 valence electrons. The molecule has 3 aliphatic carbocycles. The minimum absolute atomic E-state index is 0.106. The van der Waals surface area contributed by atoms with E-state index in [1.54, 1.807) is 18.1 Å². The number of nitrogens with zero attached hydrogens (tertiary/aromatic N) is 4. The maximum absolute atomic E-state index is 12.5. The molecular formula is C22H28N6O. The van der Waals surface area contributed by atoms with Gasteiger partial charge in [-0.25, -0.2) is 9.97 Å². The number of H-pyrrole nitrogens is 2. The average molecular weight is 393 g/mol. The highest BCUT2D eigenvalue weighted by Gasteiger charge is 2.48. The van der Waals surface area contributed by atoms with Crippen LogP contribution in [0.2, 0.25) is 0 Å². The van der Waals surface area contributed by atoms with E-state index in [4.69, 9.17) is 0 Å². The number of aromatic amines is 2. The van der Waals surface area contributed by atoms with E-state index >= 15 is 0 Å². The Kier molecular flexibility index (Phi) is 4.05. The van der Waals surface area contributed by atoms with Crippen molar-refractivity contribution in [1.82, 2.24) is 25.1 Å². The lowest BCUT2D eigenvalue weighted by atomic mass is 9.54. The van der Waals surface area contributed by atoms with E-state index in [9.17, 15) is 4.79 Å². The van der Waals surface area contributed by atoms with Gasteiger partial charge >= 0.3 is 0 Å². The summed E-state index contributed by atoms with van der Waals surface area (Å²) in [5, 5.41) is 7.83. The number of imidazole rings is 1. The summed E-state index contributed by atoms with van der Waals surface area (Å²) in [6, 6.07) is 1.95. The summed E-state index contributed by atoms with van der Waals surface area (Å²) in [5.41, 5.74) is 6.21. The van der Waals surface area contributed by atoms with E-state index in [0.29, 0.717) is 29.3 Å². The summed E-state index contributed by atoms with van der Waals surface area (Å²) in [6.07, 6.45) is 6.68. The van der Waals surface area contributed by atoms with Gasteiger partial charge in [0.1, 0.15) is 5.69 Å². The van der Waals surface area contributed by atoms with Crippen LogP contribution < -0.4 is 4.90 Å². The molecule has 2 bridgehead atoms. The minimum Gasteiger partial charge on any atom is -0.335 e. The number of fused-ring (bicyclic) bond motifs is 1. The fourth-order valence-corrected chi connectivity index (χ4v) is 4.96. The molecule has 0 aliphatic heterocycles. The number of aromatic nitrogens is 5. The van der Waals surface area contributed by atoms with Gasteiger partial charge in [-0.1, -0.05) is 20.8 Å². The minimum atomic E-state index is 0.106. The summed E-state index contributed by atoms with van der Waals surface area (Å²) in [6.45, 7) is 6.62. The van der Waals surface area contributed by atoms with Gasteiger partial charge in [0.15, 0.2) is 11.5 Å².